The Morgan fingerprint density at radius 1 is 1.29 bits per heavy atom. The van der Waals surface area contributed by atoms with Crippen molar-refractivity contribution in [3.63, 3.8) is 0 Å². The maximum absolute atomic E-state index is 11.5. The molecule has 2 aromatic rings. The van der Waals surface area contributed by atoms with E-state index in [1.165, 1.54) is 12.8 Å². The van der Waals surface area contributed by atoms with Crippen LogP contribution in [0.4, 0.5) is 0 Å². The molecule has 0 bridgehead atoms. The van der Waals surface area contributed by atoms with Crippen molar-refractivity contribution in [3.8, 4) is 5.69 Å². The van der Waals surface area contributed by atoms with Crippen LogP contribution in [-0.2, 0) is 0 Å². The minimum absolute atomic E-state index is 0.294. The number of carbonyl (C=O) groups is 1. The largest absolute Gasteiger partial charge is 0.478 e. The van der Waals surface area contributed by atoms with Gasteiger partial charge in [0, 0.05) is 12.1 Å². The van der Waals surface area contributed by atoms with E-state index < -0.39 is 5.97 Å². The van der Waals surface area contributed by atoms with E-state index in [0.717, 1.165) is 35.3 Å². The maximum Gasteiger partial charge on any atom is 0.339 e. The van der Waals surface area contributed by atoms with E-state index in [0.29, 0.717) is 11.5 Å². The van der Waals surface area contributed by atoms with Crippen molar-refractivity contribution in [1.29, 1.82) is 0 Å². The van der Waals surface area contributed by atoms with Gasteiger partial charge in [0.25, 0.3) is 0 Å². The van der Waals surface area contributed by atoms with Gasteiger partial charge in [0.2, 0.25) is 0 Å². The van der Waals surface area contributed by atoms with Gasteiger partial charge in [0.1, 0.15) is 5.56 Å². The Labute approximate surface area is 124 Å². The van der Waals surface area contributed by atoms with Crippen LogP contribution in [0.15, 0.2) is 24.4 Å². The van der Waals surface area contributed by atoms with Gasteiger partial charge in [0.05, 0.1) is 11.4 Å². The van der Waals surface area contributed by atoms with Gasteiger partial charge in [-0.3, -0.25) is 0 Å². The Kier molecular flexibility index (Phi) is 3.53. The Balaban J connectivity index is 2.09. The number of hydrogen-bond donors (Lipinski definition) is 1. The number of carboxylic acids is 1. The smallest absolute Gasteiger partial charge is 0.339 e. The second-order valence-electron chi connectivity index (χ2n) is 5.95. The predicted octanol–water partition coefficient (Wildman–Crippen LogP) is 3.84. The number of aryl methyl sites for hydroxylation is 2. The molecule has 1 aliphatic carbocycles. The highest BCUT2D eigenvalue weighted by atomic mass is 16.4. The van der Waals surface area contributed by atoms with Crippen molar-refractivity contribution < 1.29 is 9.90 Å². The second kappa shape index (κ2) is 5.35. The molecule has 4 heteroatoms. The van der Waals surface area contributed by atoms with Crippen LogP contribution in [-0.4, -0.2) is 20.9 Å². The molecule has 110 valence electrons. The van der Waals surface area contributed by atoms with Crippen LogP contribution in [0, 0.1) is 13.8 Å². The lowest BCUT2D eigenvalue weighted by Gasteiger charge is -2.08. The maximum atomic E-state index is 11.5. The highest BCUT2D eigenvalue weighted by Crippen LogP contribution is 2.35. The third-order valence-electron chi connectivity index (χ3n) is 4.33. The zero-order valence-electron chi connectivity index (χ0n) is 12.5. The van der Waals surface area contributed by atoms with Crippen LogP contribution >= 0.6 is 0 Å². The summed E-state index contributed by atoms with van der Waals surface area (Å²) in [4.78, 5) is 11.5. The number of hydrogen-bond acceptors (Lipinski definition) is 2. The van der Waals surface area contributed by atoms with Crippen molar-refractivity contribution in [2.24, 2.45) is 0 Å². The molecule has 0 spiro atoms. The fraction of sp³-hybridized carbons (Fsp3) is 0.412. The van der Waals surface area contributed by atoms with Gasteiger partial charge in [0.15, 0.2) is 0 Å². The van der Waals surface area contributed by atoms with Crippen LogP contribution in [0.3, 0.4) is 0 Å². The highest BCUT2D eigenvalue weighted by Gasteiger charge is 2.26. The summed E-state index contributed by atoms with van der Waals surface area (Å²) in [6.45, 7) is 4.05. The summed E-state index contributed by atoms with van der Waals surface area (Å²) in [7, 11) is 0. The third-order valence-corrected chi connectivity index (χ3v) is 4.33. The molecule has 0 amide bonds. The summed E-state index contributed by atoms with van der Waals surface area (Å²) >= 11 is 0. The van der Waals surface area contributed by atoms with Gasteiger partial charge in [-0.05, 0) is 43.9 Å². The Hall–Kier alpha value is -2.10. The highest BCUT2D eigenvalue weighted by molar-refractivity contribution is 5.89. The summed E-state index contributed by atoms with van der Waals surface area (Å²) in [5.74, 6) is -0.587. The molecule has 0 radical (unpaired) electrons. The number of benzene rings is 1. The number of aromatic carboxylic acids is 1. The van der Waals surface area contributed by atoms with Gasteiger partial charge in [-0.25, -0.2) is 9.48 Å². The quantitative estimate of drug-likeness (QED) is 0.931. The van der Waals surface area contributed by atoms with Crippen LogP contribution < -0.4 is 0 Å². The molecule has 1 saturated carbocycles. The molecule has 1 aromatic carbocycles. The van der Waals surface area contributed by atoms with Crippen molar-refractivity contribution >= 4 is 5.97 Å². The zero-order valence-corrected chi connectivity index (χ0v) is 12.5. The summed E-state index contributed by atoms with van der Waals surface area (Å²) in [5, 5.41) is 14.1. The fourth-order valence-electron chi connectivity index (χ4n) is 3.14. The monoisotopic (exact) mass is 284 g/mol. The molecule has 21 heavy (non-hydrogen) atoms. The van der Waals surface area contributed by atoms with E-state index in [9.17, 15) is 9.90 Å². The number of carboxylic acid groups (broad SMARTS) is 1. The molecule has 0 saturated heterocycles. The first-order valence-electron chi connectivity index (χ1n) is 7.47. The van der Waals surface area contributed by atoms with Crippen LogP contribution in [0.2, 0.25) is 0 Å². The molecule has 1 heterocycles. The topological polar surface area (TPSA) is 55.1 Å². The van der Waals surface area contributed by atoms with E-state index in [2.05, 4.69) is 11.2 Å². The zero-order chi connectivity index (χ0) is 15.0. The molecule has 1 aromatic heterocycles. The molecule has 0 aliphatic heterocycles. The lowest BCUT2D eigenvalue weighted by molar-refractivity contribution is 0.0695. The van der Waals surface area contributed by atoms with Gasteiger partial charge in [-0.1, -0.05) is 25.0 Å². The summed E-state index contributed by atoms with van der Waals surface area (Å²) < 4.78 is 1.74. The average molecular weight is 284 g/mol. The number of aromatic nitrogens is 2. The van der Waals surface area contributed by atoms with Crippen molar-refractivity contribution in [2.75, 3.05) is 0 Å². The van der Waals surface area contributed by atoms with E-state index >= 15 is 0 Å². The molecule has 1 N–H and O–H groups in total. The van der Waals surface area contributed by atoms with E-state index in [-0.39, 0.29) is 0 Å². The Morgan fingerprint density at radius 3 is 2.67 bits per heavy atom. The fourth-order valence-corrected chi connectivity index (χ4v) is 3.14. The molecule has 0 unspecified atom stereocenters. The first kappa shape index (κ1) is 13.9. The molecule has 1 fully saturated rings. The molecule has 0 atom stereocenters. The van der Waals surface area contributed by atoms with E-state index in [1.807, 2.05) is 26.0 Å². The second-order valence-corrected chi connectivity index (χ2v) is 5.95. The Bertz CT molecular complexity index is 682. The normalized spacial score (nSPS) is 15.5. The Morgan fingerprint density at radius 2 is 2.00 bits per heavy atom. The van der Waals surface area contributed by atoms with Crippen LogP contribution in [0.1, 0.15) is 58.8 Å². The molecule has 3 rings (SSSR count). The lowest BCUT2D eigenvalue weighted by Crippen LogP contribution is -2.03. The number of rotatable bonds is 3. The minimum Gasteiger partial charge on any atom is -0.478 e. The first-order chi connectivity index (χ1) is 10.1. The van der Waals surface area contributed by atoms with Gasteiger partial charge >= 0.3 is 5.97 Å². The van der Waals surface area contributed by atoms with Crippen molar-refractivity contribution in [2.45, 2.75) is 45.4 Å². The summed E-state index contributed by atoms with van der Waals surface area (Å²) in [6, 6.07) is 6.15. The molecule has 1 aliphatic rings. The minimum atomic E-state index is -0.881. The van der Waals surface area contributed by atoms with Crippen molar-refractivity contribution in [3.05, 3.63) is 46.8 Å². The molecular formula is C17H20N2O2. The van der Waals surface area contributed by atoms with Crippen LogP contribution in [0.25, 0.3) is 5.69 Å². The molecular weight excluding hydrogens is 264 g/mol. The first-order valence-corrected chi connectivity index (χ1v) is 7.47. The third kappa shape index (κ3) is 2.58. The van der Waals surface area contributed by atoms with Crippen molar-refractivity contribution in [1.82, 2.24) is 9.78 Å². The average Bonchev–Trinajstić information content (AvgIpc) is 3.09. The standard InChI is InChI=1S/C17H20N2O2/c1-11-7-8-12(2)15(9-11)19-10-14(17(20)21)16(18-19)13-5-3-4-6-13/h7-10,13H,3-6H2,1-2H3,(H,20,21). The summed E-state index contributed by atoms with van der Waals surface area (Å²) in [5.41, 5.74) is 4.30. The SMILES string of the molecule is Cc1ccc(C)c(-n2cc(C(=O)O)c(C3CCCC3)n2)c1. The van der Waals surface area contributed by atoms with Gasteiger partial charge in [-0.2, -0.15) is 5.10 Å². The lowest BCUT2D eigenvalue weighted by atomic mass is 10.0. The molecule has 4 nitrogen and oxygen atoms in total. The van der Waals surface area contributed by atoms with Crippen LogP contribution in [0.5, 0.6) is 0 Å². The number of nitrogens with zero attached hydrogens (tertiary/aromatic N) is 2. The van der Waals surface area contributed by atoms with E-state index in [4.69, 9.17) is 0 Å². The predicted molar refractivity (Wildman–Crippen MR) is 81.2 cm³/mol. The van der Waals surface area contributed by atoms with E-state index in [1.54, 1.807) is 10.9 Å². The van der Waals surface area contributed by atoms with Gasteiger partial charge < -0.3 is 5.11 Å². The summed E-state index contributed by atoms with van der Waals surface area (Å²) in [6.07, 6.45) is 6.09. The van der Waals surface area contributed by atoms with Gasteiger partial charge in [-0.15, -0.1) is 0 Å².